The Morgan fingerprint density at radius 3 is 0.865 bits per heavy atom. The van der Waals surface area contributed by atoms with Crippen molar-refractivity contribution < 1.29 is 112 Å². The van der Waals surface area contributed by atoms with Gasteiger partial charge in [0.25, 0.3) is 16.7 Å². The van der Waals surface area contributed by atoms with Gasteiger partial charge in [0.15, 0.2) is 52.2 Å². The van der Waals surface area contributed by atoms with E-state index < -0.39 is 202 Å². The Bertz CT molecular complexity index is 5140. The third-order valence-electron chi connectivity index (χ3n) is 20.4. The van der Waals surface area contributed by atoms with Crippen molar-refractivity contribution in [3.05, 3.63) is 141 Å². The molecule has 0 bridgehead atoms. The monoisotopic (exact) mass is 1830 g/mol. The van der Waals surface area contributed by atoms with Crippen LogP contribution >= 0.6 is 22.8 Å². The molecule has 3 aromatic carbocycles. The lowest BCUT2D eigenvalue weighted by Gasteiger charge is -2.37. The van der Waals surface area contributed by atoms with Gasteiger partial charge in [-0.05, 0) is 119 Å². The number of anilines is 3. The fraction of sp³-hybridized carbons (Fsp3) is 0.538. The minimum absolute atomic E-state index is 0.0494. The number of alkyl halides is 3. The molecule has 3 aliphatic rings. The van der Waals surface area contributed by atoms with E-state index in [0.29, 0.717) is 0 Å². The smallest absolute Gasteiger partial charge is 0.380 e. The number of hydrogen-bond acceptors (Lipinski definition) is 36. The molecule has 6 aromatic heterocycles. The van der Waals surface area contributed by atoms with Gasteiger partial charge in [-0.3, -0.25) is 71.0 Å². The molecule has 0 aliphatic carbocycles. The van der Waals surface area contributed by atoms with Gasteiger partial charge in [-0.1, -0.05) is 75.4 Å². The van der Waals surface area contributed by atoms with Crippen LogP contribution in [-0.4, -0.2) is 219 Å². The van der Waals surface area contributed by atoms with Gasteiger partial charge < -0.3 is 91.7 Å². The second-order valence-electron chi connectivity index (χ2n) is 33.5. The lowest BCUT2D eigenvalue weighted by atomic mass is 9.86. The van der Waals surface area contributed by atoms with Crippen molar-refractivity contribution in [2.45, 2.75) is 211 Å². The first kappa shape index (κ1) is 98.1. The van der Waals surface area contributed by atoms with Crippen molar-refractivity contribution in [3.8, 4) is 17.2 Å². The van der Waals surface area contributed by atoms with Crippen LogP contribution in [-0.2, 0) is 70.1 Å². The SMILES string of the molecule is CC(C)OC(=O)[C@H](C)CP(=O)(Oc1ccccc1)OC(C)(C)[C@H]1O[C@@H](n2cnc3c(=O)[nH]c(N)nc32)C(N)(CF)[C@H]1O.CC(C)OC(=O)[C@H](C)C[P@@](=O)(Oc1ccccc1)OC(C)(C)[C@H]1O[C@@H](n2cnc3c(=O)[nH]c(N)nc32)C(N)(CF)[C@H]1O.CC(C)OC(=O)[C@H](C)C[P@](=O)(Oc1ccccc1)OC(C)(C)[C@H]1O[C@@H](n2cnc3c(=O)[nH]c(N)nc32)C(N)(CF)[C@H]1O. The van der Waals surface area contributed by atoms with Gasteiger partial charge >= 0.3 is 40.7 Å². The molecule has 0 spiro atoms. The average molecular weight is 1830 g/mol. The Balaban J connectivity index is 0.000000197. The van der Waals surface area contributed by atoms with E-state index in [-0.39, 0.29) is 87.1 Å². The molecule has 0 radical (unpaired) electrons. The minimum atomic E-state index is -4.20. The predicted octanol–water partition coefficient (Wildman–Crippen LogP) is 6.85. The number of aliphatic hydroxyl groups is 3. The van der Waals surface area contributed by atoms with E-state index in [0.717, 1.165) is 0 Å². The van der Waals surface area contributed by atoms with Gasteiger partial charge in [-0.2, -0.15) is 15.0 Å². The number of nitrogens with one attached hydrogen (secondary N) is 3. The van der Waals surface area contributed by atoms with Crippen molar-refractivity contribution in [1.82, 2.24) is 58.6 Å². The summed E-state index contributed by atoms with van der Waals surface area (Å²) in [5.41, 5.74) is 22.7. The lowest BCUT2D eigenvalue weighted by Crippen LogP contribution is -2.58. The second-order valence-corrected chi connectivity index (χ2v) is 39.3. The minimum Gasteiger partial charge on any atom is -0.463 e. The summed E-state index contributed by atoms with van der Waals surface area (Å²) in [5.74, 6) is -4.54. The first-order valence-electron chi connectivity index (χ1n) is 39.8. The molecule has 12 rings (SSSR count). The van der Waals surface area contributed by atoms with Gasteiger partial charge in [0.1, 0.15) is 107 Å². The Morgan fingerprint density at radius 2 is 0.659 bits per heavy atom. The number of aliphatic hydroxyl groups excluding tert-OH is 3. The van der Waals surface area contributed by atoms with Crippen LogP contribution in [0.25, 0.3) is 33.5 Å². The summed E-state index contributed by atoms with van der Waals surface area (Å²) in [7, 11) is -12.6. The Hall–Kier alpha value is -10.1. The van der Waals surface area contributed by atoms with E-state index in [1.807, 2.05) is 0 Å². The number of para-hydroxylation sites is 3. The normalized spacial score (nSPS) is 24.9. The molecule has 690 valence electrons. The number of carbonyl (C=O) groups excluding carboxylic acids is 3. The number of aromatic nitrogens is 12. The highest BCUT2D eigenvalue weighted by Gasteiger charge is 2.65. The number of imidazole rings is 3. The molecule has 3 aliphatic heterocycles. The number of H-pyrrole nitrogens is 3. The number of hydrogen-bond donors (Lipinski definition) is 12. The zero-order chi connectivity index (χ0) is 93.1. The molecule has 9 aromatic rings. The number of fused-ring (bicyclic) bond motifs is 3. The molecule has 0 amide bonds. The predicted molar refractivity (Wildman–Crippen MR) is 451 cm³/mol. The van der Waals surface area contributed by atoms with Crippen LogP contribution in [0.3, 0.4) is 0 Å². The van der Waals surface area contributed by atoms with E-state index in [1.54, 1.807) is 133 Å². The summed E-state index contributed by atoms with van der Waals surface area (Å²) in [6.07, 6.45) is -12.4. The number of nitrogens with two attached hydrogens (primary N) is 6. The van der Waals surface area contributed by atoms with Gasteiger partial charge in [0.2, 0.25) is 17.8 Å². The molecular weight excluding hydrogens is 1720 g/mol. The maximum Gasteiger partial charge on any atom is 0.380 e. The van der Waals surface area contributed by atoms with Crippen LogP contribution < -0.4 is 64.7 Å². The molecular formula is C78H108F3N18O24P3. The van der Waals surface area contributed by atoms with Crippen molar-refractivity contribution in [3.63, 3.8) is 0 Å². The van der Waals surface area contributed by atoms with Crippen LogP contribution in [0.5, 0.6) is 17.2 Å². The first-order valence-corrected chi connectivity index (χ1v) is 45.0. The fourth-order valence-corrected chi connectivity index (χ4v) is 21.2. The number of halogens is 3. The van der Waals surface area contributed by atoms with E-state index >= 15 is 0 Å². The quantitative estimate of drug-likeness (QED) is 0.0114. The number of nitrogens with zero attached hydrogens (tertiary/aromatic N) is 9. The fourth-order valence-electron chi connectivity index (χ4n) is 14.4. The van der Waals surface area contributed by atoms with Gasteiger partial charge in [0.05, 0.1) is 73.5 Å². The second kappa shape index (κ2) is 38.5. The number of ether oxygens (including phenoxy) is 6. The zero-order valence-electron chi connectivity index (χ0n) is 71.7. The van der Waals surface area contributed by atoms with E-state index in [1.165, 1.54) is 95.0 Å². The van der Waals surface area contributed by atoms with Crippen LogP contribution in [0.15, 0.2) is 124 Å². The molecule has 4 unspecified atom stereocenters. The van der Waals surface area contributed by atoms with E-state index in [4.69, 9.17) is 90.0 Å². The van der Waals surface area contributed by atoms with Crippen molar-refractivity contribution in [2.75, 3.05) is 55.7 Å². The molecule has 126 heavy (non-hydrogen) atoms. The lowest BCUT2D eigenvalue weighted by molar-refractivity contribution is -0.152. The van der Waals surface area contributed by atoms with E-state index in [2.05, 4.69) is 44.9 Å². The standard InChI is InChI=1S/3C26H36FN6O8P/c3*1-14(2)38-22(36)15(3)11-42(37,40-16-9-7-6-8-10-16)41-25(4,5)19-18(34)26(29,12-27)23(39-19)33-13-30-17-20(33)31-24(28)32-21(17)35/h3*6-10,13-15,18-19,23,34H,11-12,29H2,1-5H3,(H3,28,31,32,35)/t15-,18+,19+,23-,26?,42?;15-,18+,19+,23-,26?,42+;15-,18+,19+,23-,26?,42-/m111/s1. The summed E-state index contributed by atoms with van der Waals surface area (Å²) in [4.78, 5) is 106. The third-order valence-corrected chi connectivity index (χ3v) is 27.1. The molecule has 18 atom stereocenters. The summed E-state index contributed by atoms with van der Waals surface area (Å²) >= 11 is 0. The molecule has 3 fully saturated rings. The van der Waals surface area contributed by atoms with Crippen LogP contribution in [0.1, 0.15) is 123 Å². The summed E-state index contributed by atoms with van der Waals surface area (Å²) < 4.78 is 160. The summed E-state index contributed by atoms with van der Waals surface area (Å²) in [6, 6.07) is 24.6. The molecule has 42 nitrogen and oxygen atoms in total. The number of rotatable bonds is 33. The number of carbonyl (C=O) groups is 3. The zero-order valence-corrected chi connectivity index (χ0v) is 74.4. The molecule has 48 heteroatoms. The van der Waals surface area contributed by atoms with Gasteiger partial charge in [-0.25, -0.2) is 41.8 Å². The van der Waals surface area contributed by atoms with Crippen LogP contribution in [0.2, 0.25) is 0 Å². The largest absolute Gasteiger partial charge is 0.463 e. The van der Waals surface area contributed by atoms with Crippen LogP contribution in [0, 0.1) is 17.8 Å². The number of benzene rings is 3. The first-order chi connectivity index (χ1) is 58.8. The van der Waals surface area contributed by atoms with Crippen molar-refractivity contribution >= 4 is 92.0 Å². The van der Waals surface area contributed by atoms with E-state index in [9.17, 15) is 71.0 Å². The van der Waals surface area contributed by atoms with Gasteiger partial charge in [0, 0.05) is 0 Å². The van der Waals surface area contributed by atoms with Gasteiger partial charge in [-0.15, -0.1) is 0 Å². The Labute approximate surface area is 719 Å². The van der Waals surface area contributed by atoms with Crippen molar-refractivity contribution in [2.24, 2.45) is 35.0 Å². The molecule has 9 heterocycles. The Morgan fingerprint density at radius 1 is 0.437 bits per heavy atom. The summed E-state index contributed by atoms with van der Waals surface area (Å²) in [6.45, 7) is 19.7. The number of aromatic amines is 3. The Kier molecular flexibility index (Phi) is 29.9. The number of esters is 3. The highest BCUT2D eigenvalue weighted by molar-refractivity contribution is 7.55. The maximum absolute atomic E-state index is 14.6. The topological polar surface area (TPSA) is 621 Å². The number of nitrogen functional groups attached to an aromatic ring is 3. The molecule has 0 saturated carbocycles. The molecule has 3 saturated heterocycles. The molecule has 18 N–H and O–H groups in total. The highest BCUT2D eigenvalue weighted by atomic mass is 31.2. The highest BCUT2D eigenvalue weighted by Crippen LogP contribution is 2.59. The maximum atomic E-state index is 14.6. The van der Waals surface area contributed by atoms with Crippen molar-refractivity contribution in [1.29, 1.82) is 0 Å². The van der Waals surface area contributed by atoms with Crippen LogP contribution in [0.4, 0.5) is 31.0 Å². The summed E-state index contributed by atoms with van der Waals surface area (Å²) in [5, 5.41) is 34.0. The average Bonchev–Trinajstić information content (AvgIpc) is 1.58. The third kappa shape index (κ3) is 21.5.